The van der Waals surface area contributed by atoms with Gasteiger partial charge in [0, 0.05) is 48.0 Å². The second-order valence-corrected chi connectivity index (χ2v) is 8.98. The Labute approximate surface area is 155 Å². The topological polar surface area (TPSA) is 56.7 Å². The third-order valence-corrected chi connectivity index (χ3v) is 7.15. The van der Waals surface area contributed by atoms with E-state index in [1.807, 2.05) is 34.0 Å². The van der Waals surface area contributed by atoms with Crippen molar-refractivity contribution in [2.75, 3.05) is 31.1 Å². The lowest BCUT2D eigenvalue weighted by Gasteiger charge is -2.51. The highest BCUT2D eigenvalue weighted by atomic mass is 32.1. The van der Waals surface area contributed by atoms with Crippen LogP contribution in [0.1, 0.15) is 24.1 Å². The number of likely N-dealkylation sites (tertiary alicyclic amines) is 1. The third kappa shape index (κ3) is 3.45. The van der Waals surface area contributed by atoms with E-state index in [4.69, 9.17) is 0 Å². The van der Waals surface area contributed by atoms with Crippen LogP contribution in [0.15, 0.2) is 29.1 Å². The number of anilines is 1. The van der Waals surface area contributed by atoms with Crippen LogP contribution in [0.2, 0.25) is 0 Å². The number of aliphatic hydroxyl groups excluding tert-OH is 1. The number of nitrogens with zero attached hydrogens (tertiary/aromatic N) is 3. The number of thiazole rings is 1. The van der Waals surface area contributed by atoms with Gasteiger partial charge in [0.05, 0.1) is 12.5 Å². The molecule has 25 heavy (non-hydrogen) atoms. The van der Waals surface area contributed by atoms with Gasteiger partial charge in [-0.25, -0.2) is 4.98 Å². The summed E-state index contributed by atoms with van der Waals surface area (Å²) in [6.07, 6.45) is 4.63. The number of hydrogen-bond donors (Lipinski definition) is 1. The highest BCUT2D eigenvalue weighted by Crippen LogP contribution is 2.40. The van der Waals surface area contributed by atoms with Crippen LogP contribution in [0.25, 0.3) is 0 Å². The molecular weight excluding hydrogens is 354 g/mol. The average Bonchev–Trinajstić information content (AvgIpc) is 3.31. The van der Waals surface area contributed by atoms with Crippen LogP contribution in [-0.2, 0) is 11.2 Å². The standard InChI is InChI=1S/C18H23N3O2S2/c22-15-4-8-21(17-19-6-10-25-17)13-18(15)5-2-7-20(12-18)16(23)11-14-3-1-9-24-14/h1,3,6,9-10,15,22H,2,4-5,7-8,11-13H2/t15-,18+/m1/s1. The van der Waals surface area contributed by atoms with Gasteiger partial charge in [-0.3, -0.25) is 4.79 Å². The fraction of sp³-hybridized carbons (Fsp3) is 0.556. The molecule has 1 N–H and O–H groups in total. The molecular formula is C18H23N3O2S2. The molecule has 4 rings (SSSR count). The number of carbonyl (C=O) groups excluding carboxylic acids is 1. The molecule has 2 saturated heterocycles. The van der Waals surface area contributed by atoms with E-state index in [-0.39, 0.29) is 17.4 Å². The summed E-state index contributed by atoms with van der Waals surface area (Å²) in [5.74, 6) is 0.181. The van der Waals surface area contributed by atoms with Gasteiger partial charge in [-0.05, 0) is 30.7 Å². The number of aromatic nitrogens is 1. The molecule has 134 valence electrons. The molecule has 2 fully saturated rings. The van der Waals surface area contributed by atoms with Crippen molar-refractivity contribution in [3.05, 3.63) is 34.0 Å². The molecule has 0 unspecified atom stereocenters. The van der Waals surface area contributed by atoms with E-state index in [0.29, 0.717) is 13.0 Å². The van der Waals surface area contributed by atoms with Gasteiger partial charge in [-0.1, -0.05) is 6.07 Å². The fourth-order valence-electron chi connectivity index (χ4n) is 4.13. The van der Waals surface area contributed by atoms with Gasteiger partial charge in [0.25, 0.3) is 0 Å². The second-order valence-electron chi connectivity index (χ2n) is 7.08. The predicted molar refractivity (Wildman–Crippen MR) is 101 cm³/mol. The average molecular weight is 378 g/mol. The quantitative estimate of drug-likeness (QED) is 0.893. The number of thiophene rings is 1. The normalized spacial score (nSPS) is 27.0. The van der Waals surface area contributed by atoms with Crippen LogP contribution < -0.4 is 4.90 Å². The van der Waals surface area contributed by atoms with Gasteiger partial charge in [0.15, 0.2) is 5.13 Å². The van der Waals surface area contributed by atoms with Gasteiger partial charge in [-0.2, -0.15) is 0 Å². The molecule has 2 aromatic heterocycles. The number of rotatable bonds is 3. The number of carbonyl (C=O) groups is 1. The molecule has 2 atom stereocenters. The minimum atomic E-state index is -0.346. The molecule has 0 aromatic carbocycles. The van der Waals surface area contributed by atoms with Crippen LogP contribution in [0.4, 0.5) is 5.13 Å². The highest BCUT2D eigenvalue weighted by Gasteiger charge is 2.46. The predicted octanol–water partition coefficient (Wildman–Crippen LogP) is 2.63. The second kappa shape index (κ2) is 7.05. The largest absolute Gasteiger partial charge is 0.392 e. The van der Waals surface area contributed by atoms with Crippen LogP contribution in [0.5, 0.6) is 0 Å². The summed E-state index contributed by atoms with van der Waals surface area (Å²) in [6, 6.07) is 4.00. The lowest BCUT2D eigenvalue weighted by molar-refractivity contribution is -0.137. The Balaban J connectivity index is 1.48. The zero-order valence-electron chi connectivity index (χ0n) is 14.1. The maximum Gasteiger partial charge on any atom is 0.227 e. The van der Waals surface area contributed by atoms with E-state index in [1.165, 1.54) is 0 Å². The van der Waals surface area contributed by atoms with Crippen LogP contribution >= 0.6 is 22.7 Å². The maximum atomic E-state index is 12.7. The summed E-state index contributed by atoms with van der Waals surface area (Å²) in [6.45, 7) is 3.07. The number of hydrogen-bond acceptors (Lipinski definition) is 6. The zero-order valence-corrected chi connectivity index (χ0v) is 15.8. The summed E-state index contributed by atoms with van der Waals surface area (Å²) in [5.41, 5.74) is -0.229. The smallest absolute Gasteiger partial charge is 0.227 e. The monoisotopic (exact) mass is 377 g/mol. The van der Waals surface area contributed by atoms with Gasteiger partial charge < -0.3 is 14.9 Å². The van der Waals surface area contributed by atoms with Crippen molar-refractivity contribution in [2.24, 2.45) is 5.41 Å². The molecule has 2 aliphatic heterocycles. The first-order valence-electron chi connectivity index (χ1n) is 8.79. The van der Waals surface area contributed by atoms with Crippen molar-refractivity contribution in [1.29, 1.82) is 0 Å². The van der Waals surface area contributed by atoms with Crippen molar-refractivity contribution in [2.45, 2.75) is 31.8 Å². The van der Waals surface area contributed by atoms with Gasteiger partial charge in [0.1, 0.15) is 0 Å². The van der Waals surface area contributed by atoms with Crippen LogP contribution in [-0.4, -0.2) is 53.2 Å². The Bertz CT molecular complexity index is 704. The van der Waals surface area contributed by atoms with E-state index in [0.717, 1.165) is 48.9 Å². The minimum Gasteiger partial charge on any atom is -0.392 e. The Morgan fingerprint density at radius 3 is 3.00 bits per heavy atom. The van der Waals surface area contributed by atoms with E-state index < -0.39 is 0 Å². The maximum absolute atomic E-state index is 12.7. The number of amides is 1. The van der Waals surface area contributed by atoms with Crippen molar-refractivity contribution >= 4 is 33.7 Å². The van der Waals surface area contributed by atoms with Crippen molar-refractivity contribution < 1.29 is 9.90 Å². The summed E-state index contributed by atoms with van der Waals surface area (Å²) in [5, 5.41) is 15.8. The van der Waals surface area contributed by atoms with Crippen molar-refractivity contribution in [3.63, 3.8) is 0 Å². The summed E-state index contributed by atoms with van der Waals surface area (Å²) >= 11 is 3.27. The molecule has 0 radical (unpaired) electrons. The third-order valence-electron chi connectivity index (χ3n) is 5.44. The van der Waals surface area contributed by atoms with Crippen LogP contribution in [0, 0.1) is 5.41 Å². The molecule has 0 saturated carbocycles. The summed E-state index contributed by atoms with van der Waals surface area (Å²) in [4.78, 5) is 22.5. The van der Waals surface area contributed by atoms with E-state index in [2.05, 4.69) is 9.88 Å². The SMILES string of the molecule is O=C(Cc1cccs1)N1CCC[C@]2(C1)CN(c1nccs1)CC[C@H]2O. The Kier molecular flexibility index (Phi) is 4.80. The zero-order chi connectivity index (χ0) is 17.3. The lowest BCUT2D eigenvalue weighted by atomic mass is 9.71. The van der Waals surface area contributed by atoms with E-state index in [1.54, 1.807) is 22.7 Å². The molecule has 4 heterocycles. The Morgan fingerprint density at radius 1 is 1.32 bits per heavy atom. The fourth-order valence-corrected chi connectivity index (χ4v) is 5.50. The summed E-state index contributed by atoms with van der Waals surface area (Å²) < 4.78 is 0. The number of piperidine rings is 2. The van der Waals surface area contributed by atoms with Crippen molar-refractivity contribution in [3.8, 4) is 0 Å². The Morgan fingerprint density at radius 2 is 2.24 bits per heavy atom. The lowest BCUT2D eigenvalue weighted by Crippen LogP contribution is -2.60. The molecule has 0 aliphatic carbocycles. The first-order chi connectivity index (χ1) is 12.2. The molecule has 1 amide bonds. The van der Waals surface area contributed by atoms with Gasteiger partial charge in [0.2, 0.25) is 5.91 Å². The first-order valence-corrected chi connectivity index (χ1v) is 10.5. The molecule has 0 bridgehead atoms. The molecule has 2 aliphatic rings. The Hall–Kier alpha value is -1.44. The first kappa shape index (κ1) is 17.0. The van der Waals surface area contributed by atoms with E-state index in [9.17, 15) is 9.90 Å². The van der Waals surface area contributed by atoms with Gasteiger partial charge in [-0.15, -0.1) is 22.7 Å². The number of aliphatic hydroxyl groups is 1. The summed E-state index contributed by atoms with van der Waals surface area (Å²) in [7, 11) is 0. The molecule has 7 heteroatoms. The molecule has 2 aromatic rings. The van der Waals surface area contributed by atoms with E-state index >= 15 is 0 Å². The van der Waals surface area contributed by atoms with Gasteiger partial charge >= 0.3 is 0 Å². The highest BCUT2D eigenvalue weighted by molar-refractivity contribution is 7.13. The molecule has 1 spiro atoms. The van der Waals surface area contributed by atoms with Crippen LogP contribution in [0.3, 0.4) is 0 Å². The molecule has 5 nitrogen and oxygen atoms in total. The van der Waals surface area contributed by atoms with Crippen molar-refractivity contribution in [1.82, 2.24) is 9.88 Å². The minimum absolute atomic E-state index is 0.181.